The van der Waals surface area contributed by atoms with E-state index in [1.165, 1.54) is 0 Å². The fraction of sp³-hybridized carbons (Fsp3) is 0.727. The monoisotopic (exact) mass is 209 g/mol. The summed E-state index contributed by atoms with van der Waals surface area (Å²) >= 11 is 0. The van der Waals surface area contributed by atoms with Gasteiger partial charge in [-0.2, -0.15) is 5.10 Å². The molecule has 0 spiro atoms. The van der Waals surface area contributed by atoms with Gasteiger partial charge in [0.25, 0.3) is 0 Å². The van der Waals surface area contributed by atoms with Crippen LogP contribution in [0.4, 0.5) is 0 Å². The second-order valence-electron chi connectivity index (χ2n) is 4.49. The number of hydrogen-bond donors (Lipinski definition) is 1. The molecule has 0 radical (unpaired) electrons. The molecule has 3 unspecified atom stereocenters. The van der Waals surface area contributed by atoms with Gasteiger partial charge in [-0.05, 0) is 19.4 Å². The average molecular weight is 209 g/mol. The van der Waals surface area contributed by atoms with E-state index >= 15 is 0 Å². The normalized spacial score (nSPS) is 28.2. The van der Waals surface area contributed by atoms with Crippen molar-refractivity contribution in [3.05, 3.63) is 18.0 Å². The third-order valence-electron chi connectivity index (χ3n) is 3.05. The molecule has 84 valence electrons. The van der Waals surface area contributed by atoms with Crippen LogP contribution in [0.1, 0.15) is 19.0 Å². The summed E-state index contributed by atoms with van der Waals surface area (Å²) in [5.74, 6) is 0.488. The summed E-state index contributed by atoms with van der Waals surface area (Å²) in [6, 6.07) is 2.20. The van der Waals surface area contributed by atoms with Crippen molar-refractivity contribution in [2.45, 2.75) is 31.9 Å². The minimum absolute atomic E-state index is 0.171. The minimum atomic E-state index is 0.171. The van der Waals surface area contributed by atoms with Crippen LogP contribution in [-0.2, 0) is 18.2 Å². The predicted molar refractivity (Wildman–Crippen MR) is 58.4 cm³/mol. The number of nitrogens with two attached hydrogens (primary N) is 1. The molecule has 1 saturated heterocycles. The van der Waals surface area contributed by atoms with E-state index < -0.39 is 0 Å². The van der Waals surface area contributed by atoms with Gasteiger partial charge in [0, 0.05) is 31.6 Å². The van der Waals surface area contributed by atoms with Gasteiger partial charge in [-0.3, -0.25) is 4.68 Å². The zero-order valence-electron chi connectivity index (χ0n) is 9.39. The molecule has 0 bridgehead atoms. The summed E-state index contributed by atoms with van der Waals surface area (Å²) in [6.07, 6.45) is 4.25. The molecule has 2 heterocycles. The van der Waals surface area contributed by atoms with Gasteiger partial charge in [-0.15, -0.1) is 0 Å². The van der Waals surface area contributed by atoms with E-state index in [9.17, 15) is 0 Å². The van der Waals surface area contributed by atoms with E-state index in [2.05, 4.69) is 12.0 Å². The van der Waals surface area contributed by atoms with Gasteiger partial charge < -0.3 is 10.5 Å². The molecule has 3 atom stereocenters. The molecule has 0 amide bonds. The van der Waals surface area contributed by atoms with Crippen molar-refractivity contribution < 1.29 is 4.74 Å². The molecular formula is C11H19N3O. The topological polar surface area (TPSA) is 53.1 Å². The first-order valence-corrected chi connectivity index (χ1v) is 5.51. The molecule has 2 rings (SSSR count). The largest absolute Gasteiger partial charge is 0.378 e. The third kappa shape index (κ3) is 2.58. The number of aryl methyl sites for hydroxylation is 1. The maximum Gasteiger partial charge on any atom is 0.0640 e. The molecule has 0 saturated carbocycles. The Hall–Kier alpha value is -0.870. The standard InChI is InChI=1S/C11H19N3O/c1-8-5-9(7-15-8)11(12)6-10-3-4-14(2)13-10/h3-4,8-9,11H,5-7,12H2,1-2H3. The van der Waals surface area contributed by atoms with E-state index in [4.69, 9.17) is 10.5 Å². The fourth-order valence-corrected chi connectivity index (χ4v) is 2.13. The molecule has 2 N–H and O–H groups in total. The lowest BCUT2D eigenvalue weighted by atomic mass is 9.94. The van der Waals surface area contributed by atoms with E-state index in [0.717, 1.165) is 25.1 Å². The molecule has 4 nitrogen and oxygen atoms in total. The van der Waals surface area contributed by atoms with Crippen LogP contribution in [0.15, 0.2) is 12.3 Å². The van der Waals surface area contributed by atoms with Gasteiger partial charge in [0.15, 0.2) is 0 Å². The number of hydrogen-bond acceptors (Lipinski definition) is 3. The molecule has 15 heavy (non-hydrogen) atoms. The highest BCUT2D eigenvalue weighted by atomic mass is 16.5. The molecule has 1 aliphatic rings. The van der Waals surface area contributed by atoms with Crippen molar-refractivity contribution >= 4 is 0 Å². The lowest BCUT2D eigenvalue weighted by Gasteiger charge is -2.16. The highest BCUT2D eigenvalue weighted by Gasteiger charge is 2.27. The first-order chi connectivity index (χ1) is 7.15. The predicted octanol–water partition coefficient (Wildman–Crippen LogP) is 0.715. The Morgan fingerprint density at radius 2 is 2.53 bits per heavy atom. The molecular weight excluding hydrogens is 190 g/mol. The van der Waals surface area contributed by atoms with Gasteiger partial charge in [-0.25, -0.2) is 0 Å². The Morgan fingerprint density at radius 1 is 1.73 bits per heavy atom. The van der Waals surface area contributed by atoms with Crippen molar-refractivity contribution in [2.75, 3.05) is 6.61 Å². The molecule has 1 aliphatic heterocycles. The Kier molecular flexibility index (Phi) is 3.07. The quantitative estimate of drug-likeness (QED) is 0.798. The average Bonchev–Trinajstić information content (AvgIpc) is 2.75. The van der Waals surface area contributed by atoms with Crippen LogP contribution in [-0.4, -0.2) is 28.5 Å². The maximum absolute atomic E-state index is 6.15. The summed E-state index contributed by atoms with van der Waals surface area (Å²) in [5, 5.41) is 4.34. The van der Waals surface area contributed by atoms with Crippen LogP contribution in [0, 0.1) is 5.92 Å². The van der Waals surface area contributed by atoms with Crippen molar-refractivity contribution in [2.24, 2.45) is 18.7 Å². The van der Waals surface area contributed by atoms with E-state index in [-0.39, 0.29) is 6.04 Å². The van der Waals surface area contributed by atoms with E-state index in [1.54, 1.807) is 0 Å². The molecule has 4 heteroatoms. The third-order valence-corrected chi connectivity index (χ3v) is 3.05. The van der Waals surface area contributed by atoms with Crippen molar-refractivity contribution in [3.8, 4) is 0 Å². The first kappa shape index (κ1) is 10.6. The summed E-state index contributed by atoms with van der Waals surface area (Å²) in [4.78, 5) is 0. The molecule has 0 aliphatic carbocycles. The highest BCUT2D eigenvalue weighted by molar-refractivity contribution is 5.02. The number of nitrogens with zero attached hydrogens (tertiary/aromatic N) is 2. The van der Waals surface area contributed by atoms with Crippen LogP contribution in [0.2, 0.25) is 0 Å². The van der Waals surface area contributed by atoms with E-state index in [1.807, 2.05) is 24.0 Å². The lowest BCUT2D eigenvalue weighted by Crippen LogP contribution is -2.32. The van der Waals surface area contributed by atoms with Gasteiger partial charge in [-0.1, -0.05) is 0 Å². The summed E-state index contributed by atoms with van der Waals surface area (Å²) in [7, 11) is 1.93. The van der Waals surface area contributed by atoms with Crippen molar-refractivity contribution in [1.29, 1.82) is 0 Å². The minimum Gasteiger partial charge on any atom is -0.378 e. The van der Waals surface area contributed by atoms with Gasteiger partial charge in [0.2, 0.25) is 0 Å². The zero-order chi connectivity index (χ0) is 10.8. The van der Waals surface area contributed by atoms with Crippen molar-refractivity contribution in [3.63, 3.8) is 0 Å². The smallest absolute Gasteiger partial charge is 0.0640 e. The second kappa shape index (κ2) is 4.33. The second-order valence-corrected chi connectivity index (χ2v) is 4.49. The number of rotatable bonds is 3. The summed E-state index contributed by atoms with van der Waals surface area (Å²) in [5.41, 5.74) is 7.23. The SMILES string of the molecule is CC1CC(C(N)Cc2ccn(C)n2)CO1. The Labute approximate surface area is 90.4 Å². The Balaban J connectivity index is 1.89. The van der Waals surface area contributed by atoms with Crippen LogP contribution >= 0.6 is 0 Å². The first-order valence-electron chi connectivity index (χ1n) is 5.51. The summed E-state index contributed by atoms with van der Waals surface area (Å²) in [6.45, 7) is 2.91. The fourth-order valence-electron chi connectivity index (χ4n) is 2.13. The molecule has 0 aromatic carbocycles. The maximum atomic E-state index is 6.15. The van der Waals surface area contributed by atoms with Crippen LogP contribution < -0.4 is 5.73 Å². The zero-order valence-corrected chi connectivity index (χ0v) is 9.39. The molecule has 1 aromatic heterocycles. The molecule has 1 aromatic rings. The van der Waals surface area contributed by atoms with Crippen LogP contribution in [0.3, 0.4) is 0 Å². The highest BCUT2D eigenvalue weighted by Crippen LogP contribution is 2.22. The Morgan fingerprint density at radius 3 is 3.07 bits per heavy atom. The molecule has 1 fully saturated rings. The van der Waals surface area contributed by atoms with E-state index in [0.29, 0.717) is 12.0 Å². The Bertz CT molecular complexity index is 323. The van der Waals surface area contributed by atoms with Crippen molar-refractivity contribution in [1.82, 2.24) is 9.78 Å². The van der Waals surface area contributed by atoms with Crippen LogP contribution in [0.5, 0.6) is 0 Å². The summed E-state index contributed by atoms with van der Waals surface area (Å²) < 4.78 is 7.34. The van der Waals surface area contributed by atoms with Gasteiger partial charge in [0.05, 0.1) is 18.4 Å². The van der Waals surface area contributed by atoms with Gasteiger partial charge >= 0.3 is 0 Å². The lowest BCUT2D eigenvalue weighted by molar-refractivity contribution is 0.118. The van der Waals surface area contributed by atoms with Crippen LogP contribution in [0.25, 0.3) is 0 Å². The number of ether oxygens (including phenoxy) is 1. The van der Waals surface area contributed by atoms with Gasteiger partial charge in [0.1, 0.15) is 0 Å². The number of aromatic nitrogens is 2.